The molecule has 0 bridgehead atoms. The molecule has 0 radical (unpaired) electrons. The standard InChI is InChI=1S/C13H16ClNO/c1-3-6-15-7-10-8-16-13-11(14)5-4-9(2)12(10)13/h4-5,8,15H,3,6-7H2,1-2H3. The van der Waals surface area contributed by atoms with Gasteiger partial charge in [0.05, 0.1) is 11.3 Å². The van der Waals surface area contributed by atoms with Crippen LogP contribution in [0.25, 0.3) is 11.0 Å². The monoisotopic (exact) mass is 237 g/mol. The molecular formula is C13H16ClNO. The van der Waals surface area contributed by atoms with Gasteiger partial charge in [-0.15, -0.1) is 0 Å². The van der Waals surface area contributed by atoms with E-state index < -0.39 is 0 Å². The summed E-state index contributed by atoms with van der Waals surface area (Å²) in [5.74, 6) is 0. The van der Waals surface area contributed by atoms with Gasteiger partial charge in [-0.05, 0) is 31.5 Å². The summed E-state index contributed by atoms with van der Waals surface area (Å²) in [5, 5.41) is 5.21. The average molecular weight is 238 g/mol. The molecule has 0 saturated heterocycles. The van der Waals surface area contributed by atoms with Gasteiger partial charge in [0.1, 0.15) is 0 Å². The van der Waals surface area contributed by atoms with E-state index in [-0.39, 0.29) is 0 Å². The first-order chi connectivity index (χ1) is 7.74. The van der Waals surface area contributed by atoms with E-state index in [1.165, 1.54) is 11.1 Å². The Balaban J connectivity index is 2.36. The minimum absolute atomic E-state index is 0.683. The summed E-state index contributed by atoms with van der Waals surface area (Å²) in [6, 6.07) is 3.91. The van der Waals surface area contributed by atoms with Crippen LogP contribution in [0.5, 0.6) is 0 Å². The number of nitrogens with one attached hydrogen (secondary N) is 1. The van der Waals surface area contributed by atoms with Crippen molar-refractivity contribution in [3.05, 3.63) is 34.5 Å². The Morgan fingerprint density at radius 3 is 2.94 bits per heavy atom. The molecule has 0 atom stereocenters. The quantitative estimate of drug-likeness (QED) is 0.816. The van der Waals surface area contributed by atoms with Gasteiger partial charge in [-0.1, -0.05) is 24.6 Å². The number of benzene rings is 1. The summed E-state index contributed by atoms with van der Waals surface area (Å²) in [6.45, 7) is 6.09. The number of rotatable bonds is 4. The molecule has 0 aliphatic rings. The largest absolute Gasteiger partial charge is 0.462 e. The SMILES string of the molecule is CCCNCc1coc2c(Cl)ccc(C)c12. The number of hydrogen-bond acceptors (Lipinski definition) is 2. The Hall–Kier alpha value is -0.990. The fraction of sp³-hybridized carbons (Fsp3) is 0.385. The topological polar surface area (TPSA) is 25.2 Å². The van der Waals surface area contributed by atoms with Crippen molar-refractivity contribution in [1.29, 1.82) is 0 Å². The Bertz CT molecular complexity index is 490. The second-order valence-electron chi connectivity index (χ2n) is 4.01. The highest BCUT2D eigenvalue weighted by atomic mass is 35.5. The molecule has 1 N–H and O–H groups in total. The highest BCUT2D eigenvalue weighted by molar-refractivity contribution is 6.35. The van der Waals surface area contributed by atoms with Crippen LogP contribution < -0.4 is 5.32 Å². The molecule has 1 aromatic carbocycles. The summed E-state index contributed by atoms with van der Waals surface area (Å²) < 4.78 is 5.52. The molecule has 0 fully saturated rings. The van der Waals surface area contributed by atoms with Crippen LogP contribution >= 0.6 is 11.6 Å². The maximum Gasteiger partial charge on any atom is 0.153 e. The van der Waals surface area contributed by atoms with E-state index in [2.05, 4.69) is 19.2 Å². The maximum atomic E-state index is 6.09. The molecular weight excluding hydrogens is 222 g/mol. The van der Waals surface area contributed by atoms with Crippen LogP contribution in [0, 0.1) is 6.92 Å². The fourth-order valence-corrected chi connectivity index (χ4v) is 2.09. The van der Waals surface area contributed by atoms with Crippen molar-refractivity contribution in [2.75, 3.05) is 6.54 Å². The van der Waals surface area contributed by atoms with E-state index in [0.29, 0.717) is 5.02 Å². The average Bonchev–Trinajstić information content (AvgIpc) is 2.69. The predicted octanol–water partition coefficient (Wildman–Crippen LogP) is 3.89. The minimum atomic E-state index is 0.683. The van der Waals surface area contributed by atoms with Gasteiger partial charge in [0.2, 0.25) is 0 Å². The third kappa shape index (κ3) is 2.08. The third-order valence-corrected chi connectivity index (χ3v) is 3.00. The molecule has 86 valence electrons. The Kier molecular flexibility index (Phi) is 3.52. The first kappa shape index (κ1) is 11.5. The molecule has 0 aliphatic heterocycles. The van der Waals surface area contributed by atoms with E-state index in [4.69, 9.17) is 16.0 Å². The lowest BCUT2D eigenvalue weighted by molar-refractivity contribution is 0.601. The van der Waals surface area contributed by atoms with E-state index in [1.807, 2.05) is 12.1 Å². The summed E-state index contributed by atoms with van der Waals surface area (Å²) in [4.78, 5) is 0. The van der Waals surface area contributed by atoms with Crippen LogP contribution in [0.4, 0.5) is 0 Å². The maximum absolute atomic E-state index is 6.09. The number of halogens is 1. The molecule has 16 heavy (non-hydrogen) atoms. The summed E-state index contributed by atoms with van der Waals surface area (Å²) in [5.41, 5.74) is 3.19. The number of furan rings is 1. The molecule has 3 heteroatoms. The number of fused-ring (bicyclic) bond motifs is 1. The van der Waals surface area contributed by atoms with Crippen molar-refractivity contribution in [2.24, 2.45) is 0 Å². The minimum Gasteiger partial charge on any atom is -0.462 e. The molecule has 0 aliphatic carbocycles. The third-order valence-electron chi connectivity index (χ3n) is 2.70. The summed E-state index contributed by atoms with van der Waals surface area (Å²) >= 11 is 6.09. The Morgan fingerprint density at radius 1 is 1.38 bits per heavy atom. The highest BCUT2D eigenvalue weighted by Crippen LogP contribution is 2.30. The van der Waals surface area contributed by atoms with Gasteiger partial charge in [-0.2, -0.15) is 0 Å². The first-order valence-electron chi connectivity index (χ1n) is 5.60. The van der Waals surface area contributed by atoms with Crippen molar-refractivity contribution in [1.82, 2.24) is 5.32 Å². The summed E-state index contributed by atoms with van der Waals surface area (Å²) in [7, 11) is 0. The van der Waals surface area contributed by atoms with E-state index in [9.17, 15) is 0 Å². The van der Waals surface area contributed by atoms with E-state index in [1.54, 1.807) is 6.26 Å². The lowest BCUT2D eigenvalue weighted by Crippen LogP contribution is -2.13. The van der Waals surface area contributed by atoms with Crippen LogP contribution in [-0.4, -0.2) is 6.54 Å². The van der Waals surface area contributed by atoms with Crippen LogP contribution in [0.1, 0.15) is 24.5 Å². The van der Waals surface area contributed by atoms with Crippen LogP contribution in [-0.2, 0) is 6.54 Å². The molecule has 0 saturated carbocycles. The Labute approximate surface area is 101 Å². The fourth-order valence-electron chi connectivity index (χ4n) is 1.89. The lowest BCUT2D eigenvalue weighted by atomic mass is 10.1. The molecule has 2 rings (SSSR count). The van der Waals surface area contributed by atoms with Crippen molar-refractivity contribution in [2.45, 2.75) is 26.8 Å². The predicted molar refractivity (Wildman–Crippen MR) is 68.0 cm³/mol. The molecule has 0 unspecified atom stereocenters. The van der Waals surface area contributed by atoms with Gasteiger partial charge in [0, 0.05) is 17.5 Å². The smallest absolute Gasteiger partial charge is 0.153 e. The molecule has 0 amide bonds. The zero-order valence-electron chi connectivity index (χ0n) is 9.64. The first-order valence-corrected chi connectivity index (χ1v) is 5.97. The van der Waals surface area contributed by atoms with Gasteiger partial charge < -0.3 is 9.73 Å². The van der Waals surface area contributed by atoms with Crippen molar-refractivity contribution in [3.8, 4) is 0 Å². The number of aryl methyl sites for hydroxylation is 1. The van der Waals surface area contributed by atoms with E-state index in [0.717, 1.165) is 30.5 Å². The zero-order valence-corrected chi connectivity index (χ0v) is 10.4. The van der Waals surface area contributed by atoms with Crippen molar-refractivity contribution < 1.29 is 4.42 Å². The normalized spacial score (nSPS) is 11.2. The highest BCUT2D eigenvalue weighted by Gasteiger charge is 2.10. The van der Waals surface area contributed by atoms with E-state index >= 15 is 0 Å². The number of hydrogen-bond donors (Lipinski definition) is 1. The van der Waals surface area contributed by atoms with Crippen molar-refractivity contribution in [3.63, 3.8) is 0 Å². The molecule has 0 spiro atoms. The van der Waals surface area contributed by atoms with Gasteiger partial charge in [-0.25, -0.2) is 0 Å². The van der Waals surface area contributed by atoms with Gasteiger partial charge >= 0.3 is 0 Å². The summed E-state index contributed by atoms with van der Waals surface area (Å²) in [6.07, 6.45) is 2.93. The molecule has 1 aromatic heterocycles. The lowest BCUT2D eigenvalue weighted by Gasteiger charge is -2.03. The molecule has 1 heterocycles. The Morgan fingerprint density at radius 2 is 2.19 bits per heavy atom. The van der Waals surface area contributed by atoms with Gasteiger partial charge in [0.25, 0.3) is 0 Å². The zero-order chi connectivity index (χ0) is 11.5. The second-order valence-corrected chi connectivity index (χ2v) is 4.41. The van der Waals surface area contributed by atoms with Crippen molar-refractivity contribution >= 4 is 22.6 Å². The molecule has 2 aromatic rings. The second kappa shape index (κ2) is 4.89. The van der Waals surface area contributed by atoms with Crippen LogP contribution in [0.2, 0.25) is 5.02 Å². The van der Waals surface area contributed by atoms with Gasteiger partial charge in [-0.3, -0.25) is 0 Å². The van der Waals surface area contributed by atoms with Crippen LogP contribution in [0.15, 0.2) is 22.8 Å². The van der Waals surface area contributed by atoms with Crippen LogP contribution in [0.3, 0.4) is 0 Å². The molecule has 2 nitrogen and oxygen atoms in total. The van der Waals surface area contributed by atoms with Gasteiger partial charge in [0.15, 0.2) is 5.58 Å².